The fourth-order valence-corrected chi connectivity index (χ4v) is 12.0. The molecule has 0 saturated carbocycles. The summed E-state index contributed by atoms with van der Waals surface area (Å²) in [6.45, 7) is 16.5. The van der Waals surface area contributed by atoms with Crippen molar-refractivity contribution in [1.29, 1.82) is 0 Å². The van der Waals surface area contributed by atoms with E-state index in [0.29, 0.717) is 6.61 Å². The number of hydrogen-bond acceptors (Lipinski definition) is 4. The molecule has 0 bridgehead atoms. The molecule has 4 nitrogen and oxygen atoms in total. The molecule has 0 unspecified atom stereocenters. The zero-order valence-corrected chi connectivity index (χ0v) is 25.1. The Morgan fingerprint density at radius 3 is 1.68 bits per heavy atom. The third kappa shape index (κ3) is 6.39. The van der Waals surface area contributed by atoms with Gasteiger partial charge in [-0.2, -0.15) is 0 Å². The largest absolute Gasteiger partial charge is 0.468 e. The number of esters is 1. The highest BCUT2D eigenvalue weighted by atomic mass is 28.4. The van der Waals surface area contributed by atoms with E-state index in [1.807, 2.05) is 18.2 Å². The van der Waals surface area contributed by atoms with E-state index in [9.17, 15) is 4.79 Å². The van der Waals surface area contributed by atoms with Crippen LogP contribution in [0.25, 0.3) is 0 Å². The second-order valence-corrected chi connectivity index (χ2v) is 19.8. The second kappa shape index (κ2) is 12.2. The molecule has 0 aliphatic rings. The highest BCUT2D eigenvalue weighted by Crippen LogP contribution is 2.37. The van der Waals surface area contributed by atoms with Crippen LogP contribution >= 0.6 is 0 Å². The molecule has 3 rings (SSSR count). The molecule has 0 spiro atoms. The van der Waals surface area contributed by atoms with Crippen molar-refractivity contribution in [2.75, 3.05) is 20.3 Å². The normalized spacial score (nSPS) is 13.1. The number of carbonyl (C=O) groups is 1. The van der Waals surface area contributed by atoms with Crippen LogP contribution in [0.1, 0.15) is 20.8 Å². The predicted molar refractivity (Wildman–Crippen MR) is 160 cm³/mol. The zero-order chi connectivity index (χ0) is 27.1. The van der Waals surface area contributed by atoms with E-state index < -0.39 is 16.4 Å². The molecular formula is C31H41NO3Si2. The minimum Gasteiger partial charge on any atom is -0.468 e. The van der Waals surface area contributed by atoms with Crippen molar-refractivity contribution in [2.24, 2.45) is 0 Å². The topological polar surface area (TPSA) is 47.6 Å². The van der Waals surface area contributed by atoms with Gasteiger partial charge in [-0.05, 0) is 15.4 Å². The van der Waals surface area contributed by atoms with Gasteiger partial charge in [-0.1, -0.05) is 135 Å². The molecule has 0 amide bonds. The highest BCUT2D eigenvalue weighted by Gasteiger charge is 2.50. The van der Waals surface area contributed by atoms with Crippen molar-refractivity contribution in [2.45, 2.75) is 44.9 Å². The molecule has 0 heterocycles. The van der Waals surface area contributed by atoms with Crippen LogP contribution in [0.4, 0.5) is 0 Å². The van der Waals surface area contributed by atoms with Crippen LogP contribution in [0.3, 0.4) is 0 Å². The van der Waals surface area contributed by atoms with Crippen LogP contribution in [0.15, 0.2) is 103 Å². The molecule has 0 aromatic heterocycles. The van der Waals surface area contributed by atoms with Crippen LogP contribution in [0.5, 0.6) is 0 Å². The Morgan fingerprint density at radius 2 is 1.27 bits per heavy atom. The van der Waals surface area contributed by atoms with Gasteiger partial charge in [0.1, 0.15) is 8.07 Å². The number of ether oxygens (including phenoxy) is 1. The van der Waals surface area contributed by atoms with Crippen LogP contribution < -0.4 is 20.9 Å². The molecule has 1 N–H and O–H groups in total. The fraction of sp³-hybridized carbons (Fsp3) is 0.323. The van der Waals surface area contributed by atoms with Gasteiger partial charge >= 0.3 is 5.97 Å². The lowest BCUT2D eigenvalue weighted by molar-refractivity contribution is -0.139. The molecule has 1 atom stereocenters. The van der Waals surface area contributed by atoms with Gasteiger partial charge in [-0.25, -0.2) is 0 Å². The van der Waals surface area contributed by atoms with Crippen LogP contribution in [-0.2, 0) is 14.0 Å². The zero-order valence-electron chi connectivity index (χ0n) is 23.1. The van der Waals surface area contributed by atoms with Crippen molar-refractivity contribution >= 4 is 37.9 Å². The number of benzene rings is 3. The van der Waals surface area contributed by atoms with Gasteiger partial charge in [-0.3, -0.25) is 10.1 Å². The summed E-state index contributed by atoms with van der Waals surface area (Å²) in [5.74, 6) is -0.303. The summed E-state index contributed by atoms with van der Waals surface area (Å²) in [6, 6.07) is 31.6. The van der Waals surface area contributed by atoms with E-state index in [-0.39, 0.29) is 23.6 Å². The first-order chi connectivity index (χ1) is 17.5. The van der Waals surface area contributed by atoms with Crippen molar-refractivity contribution in [3.05, 3.63) is 103 Å². The highest BCUT2D eigenvalue weighted by molar-refractivity contribution is 6.99. The van der Waals surface area contributed by atoms with E-state index >= 15 is 0 Å². The molecule has 0 aliphatic carbocycles. The van der Waals surface area contributed by atoms with E-state index in [2.05, 4.69) is 119 Å². The van der Waals surface area contributed by atoms with Crippen molar-refractivity contribution in [1.82, 2.24) is 5.32 Å². The van der Waals surface area contributed by atoms with Crippen LogP contribution in [0, 0.1) is 0 Å². The first-order valence-electron chi connectivity index (χ1n) is 12.8. The van der Waals surface area contributed by atoms with Gasteiger partial charge in [0.25, 0.3) is 8.32 Å². The first kappa shape index (κ1) is 28.8. The smallest absolute Gasteiger partial charge is 0.319 e. The molecule has 0 fully saturated rings. The standard InChI is InChI=1S/C31H41NO3Si2/c1-25(36(6,7)26-17-11-8-12-18-26)29(32-23-30(33)34-5)24-35-37(31(2,3)4,27-19-13-9-14-20-27)28-21-15-10-16-22-28/h8-22,29,32H,1,23-24H2,2-7H3/t29-/m1/s1. The molecule has 0 saturated heterocycles. The van der Waals surface area contributed by atoms with Crippen LogP contribution in [-0.4, -0.2) is 48.7 Å². The third-order valence-corrected chi connectivity index (χ3v) is 16.1. The quantitative estimate of drug-likeness (QED) is 0.294. The lowest BCUT2D eigenvalue weighted by atomic mass is 10.2. The molecule has 0 radical (unpaired) electrons. The summed E-state index contributed by atoms with van der Waals surface area (Å²) in [6.07, 6.45) is 0. The Bertz CT molecular complexity index is 1120. The molecule has 3 aromatic carbocycles. The SMILES string of the molecule is C=C([C@@H](CO[Si](c1ccccc1)(c1ccccc1)C(C)(C)C)NCC(=O)OC)[Si](C)(C)c1ccccc1. The average Bonchev–Trinajstić information content (AvgIpc) is 2.91. The van der Waals surface area contributed by atoms with Gasteiger partial charge in [-0.15, -0.1) is 6.58 Å². The van der Waals surface area contributed by atoms with Gasteiger partial charge in [0, 0.05) is 6.04 Å². The molecular weight excluding hydrogens is 491 g/mol. The predicted octanol–water partition coefficient (Wildman–Crippen LogP) is 4.41. The van der Waals surface area contributed by atoms with E-state index in [1.54, 1.807) is 0 Å². The lowest BCUT2D eigenvalue weighted by Crippen LogP contribution is -2.67. The fourth-order valence-electron chi connectivity index (χ4n) is 5.01. The minimum atomic E-state index is -2.74. The summed E-state index contributed by atoms with van der Waals surface area (Å²) < 4.78 is 12.2. The lowest BCUT2D eigenvalue weighted by Gasteiger charge is -2.44. The summed E-state index contributed by atoms with van der Waals surface area (Å²) in [5, 5.41) is 8.14. The number of methoxy groups -OCH3 is 1. The van der Waals surface area contributed by atoms with Gasteiger partial charge < -0.3 is 9.16 Å². The van der Waals surface area contributed by atoms with Crippen molar-refractivity contribution < 1.29 is 14.0 Å². The molecule has 6 heteroatoms. The summed E-state index contributed by atoms with van der Waals surface area (Å²) >= 11 is 0. The van der Waals surface area contributed by atoms with E-state index in [0.717, 1.165) is 5.20 Å². The van der Waals surface area contributed by atoms with Crippen molar-refractivity contribution in [3.8, 4) is 0 Å². The third-order valence-electron chi connectivity index (χ3n) is 7.32. The summed E-state index contributed by atoms with van der Waals surface area (Å²) in [7, 11) is -3.43. The summed E-state index contributed by atoms with van der Waals surface area (Å²) in [4.78, 5) is 12.1. The monoisotopic (exact) mass is 531 g/mol. The van der Waals surface area contributed by atoms with E-state index in [1.165, 1.54) is 22.7 Å². The Labute approximate surface area is 224 Å². The summed E-state index contributed by atoms with van der Waals surface area (Å²) in [5.41, 5.74) is 0. The molecule has 3 aromatic rings. The maximum Gasteiger partial charge on any atom is 0.319 e. The maximum absolute atomic E-state index is 12.1. The van der Waals surface area contributed by atoms with Gasteiger partial charge in [0.15, 0.2) is 0 Å². The first-order valence-corrected chi connectivity index (χ1v) is 17.7. The number of carbonyl (C=O) groups excluding carboxylic acids is 1. The molecule has 37 heavy (non-hydrogen) atoms. The average molecular weight is 532 g/mol. The Morgan fingerprint density at radius 1 is 0.838 bits per heavy atom. The minimum absolute atomic E-state index is 0.101. The Kier molecular flexibility index (Phi) is 9.48. The van der Waals surface area contributed by atoms with Gasteiger partial charge in [0.2, 0.25) is 0 Å². The van der Waals surface area contributed by atoms with E-state index in [4.69, 9.17) is 9.16 Å². The number of hydrogen-bond donors (Lipinski definition) is 1. The second-order valence-electron chi connectivity index (χ2n) is 11.0. The van der Waals surface area contributed by atoms with Crippen molar-refractivity contribution in [3.63, 3.8) is 0 Å². The number of nitrogens with one attached hydrogen (secondary N) is 1. The Hall–Kier alpha value is -2.78. The van der Waals surface area contributed by atoms with Gasteiger partial charge in [0.05, 0.1) is 20.3 Å². The number of rotatable bonds is 11. The maximum atomic E-state index is 12.1. The molecule has 0 aliphatic heterocycles. The molecule has 196 valence electrons. The Balaban J connectivity index is 2.05. The van der Waals surface area contributed by atoms with Crippen LogP contribution in [0.2, 0.25) is 18.1 Å².